The molecule has 1 heteroatoms. The molecule has 0 spiro atoms. The highest BCUT2D eigenvalue weighted by atomic mass is 16.1. The molecule has 3 aromatic carbocycles. The minimum atomic E-state index is -0.0706. The highest BCUT2D eigenvalue weighted by Gasteiger charge is 2.19. The molecule has 0 aliphatic carbocycles. The highest BCUT2D eigenvalue weighted by Crippen LogP contribution is 2.26. The second kappa shape index (κ2) is 7.06. The summed E-state index contributed by atoms with van der Waals surface area (Å²) >= 11 is 0. The Balaban J connectivity index is 1.85. The van der Waals surface area contributed by atoms with Crippen LogP contribution in [0.3, 0.4) is 0 Å². The summed E-state index contributed by atoms with van der Waals surface area (Å²) in [6, 6.07) is 28.2. The van der Waals surface area contributed by atoms with E-state index in [1.165, 1.54) is 5.56 Å². The average molecular weight is 300 g/mol. The Kier molecular flexibility index (Phi) is 4.68. The molecule has 3 aromatic rings. The molecule has 0 aliphatic heterocycles. The van der Waals surface area contributed by atoms with Crippen molar-refractivity contribution in [2.75, 3.05) is 0 Å². The van der Waals surface area contributed by atoms with Gasteiger partial charge in [-0.25, -0.2) is 0 Å². The first-order valence-corrected chi connectivity index (χ1v) is 8.04. The van der Waals surface area contributed by atoms with Gasteiger partial charge in [0.2, 0.25) is 0 Å². The summed E-state index contributed by atoms with van der Waals surface area (Å²) < 4.78 is 0. The van der Waals surface area contributed by atoms with Crippen LogP contribution in [-0.4, -0.2) is 5.78 Å². The maximum atomic E-state index is 12.8. The zero-order chi connectivity index (χ0) is 16.1. The van der Waals surface area contributed by atoms with E-state index < -0.39 is 0 Å². The van der Waals surface area contributed by atoms with E-state index in [1.54, 1.807) is 0 Å². The summed E-state index contributed by atoms with van der Waals surface area (Å²) in [6.07, 6.45) is 0.809. The van der Waals surface area contributed by atoms with Crippen LogP contribution >= 0.6 is 0 Å². The fourth-order valence-corrected chi connectivity index (χ4v) is 2.92. The van der Waals surface area contributed by atoms with Gasteiger partial charge in [-0.3, -0.25) is 4.79 Å². The second-order valence-corrected chi connectivity index (χ2v) is 5.68. The summed E-state index contributed by atoms with van der Waals surface area (Å²) in [4.78, 5) is 12.8. The van der Waals surface area contributed by atoms with Gasteiger partial charge in [-0.05, 0) is 23.1 Å². The number of hydrogen-bond acceptors (Lipinski definition) is 1. The molecule has 114 valence electrons. The van der Waals surface area contributed by atoms with Crippen molar-refractivity contribution in [2.45, 2.75) is 19.3 Å². The van der Waals surface area contributed by atoms with Crippen molar-refractivity contribution in [3.05, 3.63) is 96.1 Å². The summed E-state index contributed by atoms with van der Waals surface area (Å²) in [5.74, 6) is 0.122. The molecular weight excluding hydrogens is 280 g/mol. The molecule has 1 nitrogen and oxygen atoms in total. The monoisotopic (exact) mass is 300 g/mol. The van der Waals surface area contributed by atoms with Crippen molar-refractivity contribution >= 4 is 5.78 Å². The standard InChI is InChI=1S/C22H20O/c1-2-21(19-11-7-4-8-12-19)22(23)20-15-13-18(14-16-20)17-9-5-3-6-10-17/h3-16,21H,2H2,1H3. The van der Waals surface area contributed by atoms with E-state index in [1.807, 2.05) is 72.8 Å². The minimum Gasteiger partial charge on any atom is -0.293 e. The maximum absolute atomic E-state index is 12.8. The zero-order valence-electron chi connectivity index (χ0n) is 13.3. The van der Waals surface area contributed by atoms with Crippen LogP contribution in [-0.2, 0) is 0 Å². The Bertz CT molecular complexity index is 758. The normalized spacial score (nSPS) is 11.9. The topological polar surface area (TPSA) is 17.1 Å². The fraction of sp³-hybridized carbons (Fsp3) is 0.136. The largest absolute Gasteiger partial charge is 0.293 e. The number of benzene rings is 3. The Morgan fingerprint density at radius 3 is 1.83 bits per heavy atom. The third-order valence-corrected chi connectivity index (χ3v) is 4.20. The van der Waals surface area contributed by atoms with E-state index in [2.05, 4.69) is 19.1 Å². The van der Waals surface area contributed by atoms with Crippen molar-refractivity contribution in [2.24, 2.45) is 0 Å². The van der Waals surface area contributed by atoms with Gasteiger partial charge in [0.1, 0.15) is 0 Å². The maximum Gasteiger partial charge on any atom is 0.170 e. The molecule has 0 fully saturated rings. The highest BCUT2D eigenvalue weighted by molar-refractivity contribution is 6.01. The lowest BCUT2D eigenvalue weighted by atomic mass is 9.88. The SMILES string of the molecule is CCC(C(=O)c1ccc(-c2ccccc2)cc1)c1ccccc1. The first kappa shape index (κ1) is 15.2. The molecular formula is C22H20O. The number of hydrogen-bond donors (Lipinski definition) is 0. The predicted molar refractivity (Wildman–Crippen MR) is 95.7 cm³/mol. The van der Waals surface area contributed by atoms with Gasteiger partial charge in [0.15, 0.2) is 5.78 Å². The lowest BCUT2D eigenvalue weighted by molar-refractivity contribution is 0.0957. The third kappa shape index (κ3) is 3.40. The van der Waals surface area contributed by atoms with E-state index >= 15 is 0 Å². The van der Waals surface area contributed by atoms with Crippen molar-refractivity contribution in [3.63, 3.8) is 0 Å². The van der Waals surface area contributed by atoms with Gasteiger partial charge in [-0.15, -0.1) is 0 Å². The Hall–Kier alpha value is -2.67. The third-order valence-electron chi connectivity index (χ3n) is 4.20. The Morgan fingerprint density at radius 1 is 0.739 bits per heavy atom. The van der Waals surface area contributed by atoms with Gasteiger partial charge in [0.05, 0.1) is 0 Å². The lowest BCUT2D eigenvalue weighted by Crippen LogP contribution is -2.12. The number of ketones is 1. The molecule has 0 aliphatic rings. The predicted octanol–water partition coefficient (Wildman–Crippen LogP) is 5.73. The van der Waals surface area contributed by atoms with E-state index in [-0.39, 0.29) is 11.7 Å². The molecule has 23 heavy (non-hydrogen) atoms. The number of carbonyl (C=O) groups is 1. The van der Waals surface area contributed by atoms with Gasteiger partial charge in [-0.1, -0.05) is 91.9 Å². The molecule has 1 atom stereocenters. The van der Waals surface area contributed by atoms with Crippen molar-refractivity contribution in [3.8, 4) is 11.1 Å². The molecule has 0 aromatic heterocycles. The number of rotatable bonds is 5. The zero-order valence-corrected chi connectivity index (χ0v) is 13.3. The first-order valence-electron chi connectivity index (χ1n) is 8.04. The van der Waals surface area contributed by atoms with Gasteiger partial charge < -0.3 is 0 Å². The van der Waals surface area contributed by atoms with Gasteiger partial charge in [-0.2, -0.15) is 0 Å². The fourth-order valence-electron chi connectivity index (χ4n) is 2.92. The van der Waals surface area contributed by atoms with E-state index in [0.717, 1.165) is 23.1 Å². The van der Waals surface area contributed by atoms with Crippen molar-refractivity contribution in [1.82, 2.24) is 0 Å². The Morgan fingerprint density at radius 2 is 1.26 bits per heavy atom. The van der Waals surface area contributed by atoms with Crippen LogP contribution in [0.15, 0.2) is 84.9 Å². The van der Waals surface area contributed by atoms with Crippen LogP contribution in [0.2, 0.25) is 0 Å². The van der Waals surface area contributed by atoms with Crippen LogP contribution in [0.25, 0.3) is 11.1 Å². The van der Waals surface area contributed by atoms with Gasteiger partial charge >= 0.3 is 0 Å². The van der Waals surface area contributed by atoms with E-state index in [4.69, 9.17) is 0 Å². The molecule has 0 radical (unpaired) electrons. The molecule has 1 unspecified atom stereocenters. The quantitative estimate of drug-likeness (QED) is 0.550. The summed E-state index contributed by atoms with van der Waals surface area (Å²) in [5, 5.41) is 0. The number of Topliss-reactive ketones (excluding diaryl/α,β-unsaturated/α-hetero) is 1. The second-order valence-electron chi connectivity index (χ2n) is 5.68. The van der Waals surface area contributed by atoms with Crippen molar-refractivity contribution < 1.29 is 4.79 Å². The van der Waals surface area contributed by atoms with E-state index in [9.17, 15) is 4.79 Å². The van der Waals surface area contributed by atoms with Crippen LogP contribution in [0.5, 0.6) is 0 Å². The Labute approximate surface area is 137 Å². The molecule has 0 amide bonds. The molecule has 3 rings (SSSR count). The molecule has 0 saturated heterocycles. The van der Waals surface area contributed by atoms with Crippen LogP contribution in [0.4, 0.5) is 0 Å². The van der Waals surface area contributed by atoms with E-state index in [0.29, 0.717) is 0 Å². The van der Waals surface area contributed by atoms with Crippen molar-refractivity contribution in [1.29, 1.82) is 0 Å². The van der Waals surface area contributed by atoms with Crippen LogP contribution < -0.4 is 0 Å². The van der Waals surface area contributed by atoms with Gasteiger partial charge in [0.25, 0.3) is 0 Å². The smallest absolute Gasteiger partial charge is 0.170 e. The average Bonchev–Trinajstić information content (AvgIpc) is 2.64. The molecule has 0 N–H and O–H groups in total. The molecule has 0 bridgehead atoms. The van der Waals surface area contributed by atoms with Gasteiger partial charge in [0, 0.05) is 11.5 Å². The first-order chi connectivity index (χ1) is 11.3. The summed E-state index contributed by atoms with van der Waals surface area (Å²) in [5.41, 5.74) is 4.17. The minimum absolute atomic E-state index is 0.0706. The summed E-state index contributed by atoms with van der Waals surface area (Å²) in [6.45, 7) is 2.06. The number of carbonyl (C=O) groups excluding carboxylic acids is 1. The summed E-state index contributed by atoms with van der Waals surface area (Å²) in [7, 11) is 0. The molecule has 0 heterocycles. The van der Waals surface area contributed by atoms with Crippen LogP contribution in [0.1, 0.15) is 35.2 Å². The van der Waals surface area contributed by atoms with Crippen LogP contribution in [0, 0.1) is 0 Å². The lowest BCUT2D eigenvalue weighted by Gasteiger charge is -2.14. The molecule has 0 saturated carbocycles.